The van der Waals surface area contributed by atoms with Crippen molar-refractivity contribution in [1.29, 1.82) is 0 Å². The van der Waals surface area contributed by atoms with Crippen LogP contribution in [-0.2, 0) is 0 Å². The van der Waals surface area contributed by atoms with Gasteiger partial charge in [-0.05, 0) is 29.7 Å². The van der Waals surface area contributed by atoms with Crippen LogP contribution in [0.3, 0.4) is 0 Å². The van der Waals surface area contributed by atoms with Crippen LogP contribution >= 0.6 is 11.8 Å². The van der Waals surface area contributed by atoms with Crippen molar-refractivity contribution < 1.29 is 0 Å². The van der Waals surface area contributed by atoms with Gasteiger partial charge in [0.2, 0.25) is 5.95 Å². The quantitative estimate of drug-likeness (QED) is 0.259. The highest BCUT2D eigenvalue weighted by molar-refractivity contribution is 8.00. The molecule has 0 saturated heterocycles. The van der Waals surface area contributed by atoms with Gasteiger partial charge < -0.3 is 0 Å². The van der Waals surface area contributed by atoms with Crippen LogP contribution in [-0.4, -0.2) is 19.5 Å². The molecule has 5 aromatic carbocycles. The van der Waals surface area contributed by atoms with Crippen LogP contribution in [0.5, 0.6) is 0 Å². The number of benzene rings is 5. The van der Waals surface area contributed by atoms with Crippen molar-refractivity contribution in [2.75, 3.05) is 0 Å². The van der Waals surface area contributed by atoms with Gasteiger partial charge in [0.05, 0.1) is 11.0 Å². The number of hydrogen-bond acceptors (Lipinski definition) is 4. The molecule has 0 fully saturated rings. The number of aromatic nitrogens is 4. The van der Waals surface area contributed by atoms with Crippen LogP contribution in [0.4, 0.5) is 0 Å². The topological polar surface area (TPSA) is 43.6 Å². The average Bonchev–Trinajstić information content (AvgIpc) is 3.30. The predicted octanol–water partition coefficient (Wildman–Crippen LogP) is 7.92. The molecule has 1 aliphatic rings. The molecule has 168 valence electrons. The molecule has 3 heterocycles. The van der Waals surface area contributed by atoms with Gasteiger partial charge in [-0.1, -0.05) is 96.7 Å². The minimum Gasteiger partial charge on any atom is -0.278 e. The monoisotopic (exact) mass is 478 g/mol. The molecule has 0 unspecified atom stereocenters. The van der Waals surface area contributed by atoms with Gasteiger partial charge in [0.15, 0.2) is 11.6 Å². The highest BCUT2D eigenvalue weighted by Gasteiger charge is 2.24. The molecule has 0 aliphatic carbocycles. The van der Waals surface area contributed by atoms with Crippen molar-refractivity contribution in [2.45, 2.75) is 9.79 Å². The van der Waals surface area contributed by atoms with Crippen LogP contribution in [0.15, 0.2) is 119 Å². The normalized spacial score (nSPS) is 12.3. The lowest BCUT2D eigenvalue weighted by molar-refractivity contribution is 0.953. The summed E-state index contributed by atoms with van der Waals surface area (Å²) < 4.78 is 2.21. The second-order valence-corrected chi connectivity index (χ2v) is 10.0. The Morgan fingerprint density at radius 1 is 0.472 bits per heavy atom. The maximum absolute atomic E-state index is 5.03. The second kappa shape index (κ2) is 7.51. The van der Waals surface area contributed by atoms with Crippen LogP contribution in [0.1, 0.15) is 0 Å². The minimum atomic E-state index is 0.628. The van der Waals surface area contributed by atoms with Gasteiger partial charge in [-0.2, -0.15) is 9.97 Å². The molecule has 1 aliphatic heterocycles. The lowest BCUT2D eigenvalue weighted by atomic mass is 10.0. The summed E-state index contributed by atoms with van der Waals surface area (Å²) in [5.41, 5.74) is 4.16. The van der Waals surface area contributed by atoms with Gasteiger partial charge in [0.25, 0.3) is 0 Å². The molecule has 0 atom stereocenters. The Labute approximate surface area is 211 Å². The van der Waals surface area contributed by atoms with Crippen molar-refractivity contribution in [3.05, 3.63) is 109 Å². The van der Waals surface area contributed by atoms with Crippen molar-refractivity contribution in [3.8, 4) is 28.7 Å². The highest BCUT2D eigenvalue weighted by Crippen LogP contribution is 2.49. The molecule has 4 nitrogen and oxygen atoms in total. The Kier molecular flexibility index (Phi) is 4.13. The fourth-order valence-electron chi connectivity index (χ4n) is 5.26. The van der Waals surface area contributed by atoms with E-state index in [4.69, 9.17) is 15.0 Å². The maximum Gasteiger partial charge on any atom is 0.238 e. The van der Waals surface area contributed by atoms with Crippen molar-refractivity contribution in [1.82, 2.24) is 19.5 Å². The Bertz CT molecular complexity index is 1900. The van der Waals surface area contributed by atoms with E-state index in [1.807, 2.05) is 72.4 Å². The fraction of sp³-hybridized carbons (Fsp3) is 0. The van der Waals surface area contributed by atoms with E-state index in [-0.39, 0.29) is 0 Å². The number of nitrogens with zero attached hydrogens (tertiary/aromatic N) is 4. The summed E-state index contributed by atoms with van der Waals surface area (Å²) in [5, 5.41) is 5.11. The van der Waals surface area contributed by atoms with Gasteiger partial charge in [0.1, 0.15) is 0 Å². The molecule has 0 amide bonds. The molecule has 0 radical (unpaired) electrons. The van der Waals surface area contributed by atoms with Crippen molar-refractivity contribution in [3.63, 3.8) is 0 Å². The average molecular weight is 479 g/mol. The first kappa shape index (κ1) is 19.8. The molecule has 36 heavy (non-hydrogen) atoms. The minimum absolute atomic E-state index is 0.628. The van der Waals surface area contributed by atoms with Crippen LogP contribution in [0.2, 0.25) is 0 Å². The molecule has 2 aromatic heterocycles. The third kappa shape index (κ3) is 2.81. The standard InChI is InChI=1S/C31H18N4S/c1-3-9-20(10-4-1)29-32-30(21-11-5-2-6-12-21)34-31(33-29)35-22-14-8-16-25-27(22)28-23(35)18-17-19-13-7-15-24(36-25)26(19)28/h1-18H. The SMILES string of the molecule is c1ccc(-c2nc(-c3ccccc3)nc(-n3c4cccc5c4c4c6c(cccc6ccc43)S5)n2)cc1. The summed E-state index contributed by atoms with van der Waals surface area (Å²) in [6.45, 7) is 0. The number of hydrogen-bond donors (Lipinski definition) is 0. The van der Waals surface area contributed by atoms with E-state index in [2.05, 4.69) is 53.1 Å². The largest absolute Gasteiger partial charge is 0.278 e. The Morgan fingerprint density at radius 3 is 1.78 bits per heavy atom. The smallest absolute Gasteiger partial charge is 0.238 e. The zero-order valence-corrected chi connectivity index (χ0v) is 19.9. The van der Waals surface area contributed by atoms with E-state index in [0.29, 0.717) is 17.6 Å². The Hall–Kier alpha value is -4.48. The molecule has 0 N–H and O–H groups in total. The lowest BCUT2D eigenvalue weighted by Crippen LogP contribution is -2.06. The summed E-state index contributed by atoms with van der Waals surface area (Å²) >= 11 is 1.84. The highest BCUT2D eigenvalue weighted by atomic mass is 32.2. The van der Waals surface area contributed by atoms with E-state index >= 15 is 0 Å². The summed E-state index contributed by atoms with van der Waals surface area (Å²) in [6.07, 6.45) is 0. The summed E-state index contributed by atoms with van der Waals surface area (Å²) in [6, 6.07) is 37.7. The zero-order valence-electron chi connectivity index (χ0n) is 19.1. The fourth-order valence-corrected chi connectivity index (χ4v) is 6.42. The van der Waals surface area contributed by atoms with Gasteiger partial charge in [-0.3, -0.25) is 4.57 Å². The molecule has 0 bridgehead atoms. The Balaban J connectivity index is 1.51. The third-order valence-corrected chi connectivity index (χ3v) is 7.95. The number of rotatable bonds is 3. The Morgan fingerprint density at radius 2 is 1.08 bits per heavy atom. The maximum atomic E-state index is 5.03. The molecular formula is C31H18N4S. The first-order valence-electron chi connectivity index (χ1n) is 11.9. The molecule has 0 saturated carbocycles. The summed E-state index contributed by atoms with van der Waals surface area (Å²) in [4.78, 5) is 17.5. The third-order valence-electron chi connectivity index (χ3n) is 6.83. The summed E-state index contributed by atoms with van der Waals surface area (Å²) in [7, 11) is 0. The van der Waals surface area contributed by atoms with E-state index in [1.54, 1.807) is 0 Å². The first-order chi connectivity index (χ1) is 17.8. The van der Waals surface area contributed by atoms with Gasteiger partial charge in [-0.25, -0.2) is 4.98 Å². The molecule has 5 heteroatoms. The van der Waals surface area contributed by atoms with Crippen molar-refractivity contribution in [2.24, 2.45) is 0 Å². The molecule has 7 aromatic rings. The van der Waals surface area contributed by atoms with E-state index in [0.717, 1.165) is 22.2 Å². The van der Waals surface area contributed by atoms with E-state index in [9.17, 15) is 0 Å². The lowest BCUT2D eigenvalue weighted by Gasteiger charge is -2.14. The molecule has 8 rings (SSSR count). The van der Waals surface area contributed by atoms with Crippen LogP contribution in [0.25, 0.3) is 61.3 Å². The zero-order chi connectivity index (χ0) is 23.6. The second-order valence-electron chi connectivity index (χ2n) is 8.92. The molecule has 0 spiro atoms. The van der Waals surface area contributed by atoms with Crippen molar-refractivity contribution >= 4 is 44.3 Å². The van der Waals surface area contributed by atoms with Gasteiger partial charge in [0, 0.05) is 37.1 Å². The van der Waals surface area contributed by atoms with Crippen LogP contribution in [0, 0.1) is 0 Å². The van der Waals surface area contributed by atoms with E-state index in [1.165, 1.54) is 31.3 Å². The predicted molar refractivity (Wildman–Crippen MR) is 147 cm³/mol. The first-order valence-corrected chi connectivity index (χ1v) is 12.7. The van der Waals surface area contributed by atoms with Crippen LogP contribution < -0.4 is 0 Å². The summed E-state index contributed by atoms with van der Waals surface area (Å²) in [5.74, 6) is 1.95. The van der Waals surface area contributed by atoms with E-state index < -0.39 is 0 Å². The van der Waals surface area contributed by atoms with Gasteiger partial charge in [-0.15, -0.1) is 0 Å². The van der Waals surface area contributed by atoms with Gasteiger partial charge >= 0.3 is 0 Å². The molecular weight excluding hydrogens is 460 g/mol.